The highest BCUT2D eigenvalue weighted by atomic mass is 19.3. The number of halogens is 4. The van der Waals surface area contributed by atoms with E-state index in [4.69, 9.17) is 0 Å². The molecule has 0 atom stereocenters. The summed E-state index contributed by atoms with van der Waals surface area (Å²) in [4.78, 5) is 0. The van der Waals surface area contributed by atoms with Crippen LogP contribution in [0.3, 0.4) is 0 Å². The first-order valence-corrected chi connectivity index (χ1v) is 2.92. The van der Waals surface area contributed by atoms with Gasteiger partial charge in [0.2, 0.25) is 12.3 Å². The molecule has 0 aliphatic carbocycles. The van der Waals surface area contributed by atoms with Crippen LogP contribution in [0.4, 0.5) is 17.6 Å². The lowest BCUT2D eigenvalue weighted by atomic mass is 10.2. The van der Waals surface area contributed by atoms with E-state index in [9.17, 15) is 17.6 Å². The van der Waals surface area contributed by atoms with E-state index in [2.05, 4.69) is 0 Å². The van der Waals surface area contributed by atoms with Crippen LogP contribution in [0.25, 0.3) is 0 Å². The second-order valence-electron chi connectivity index (χ2n) is 2.13. The SMILES string of the molecule is CC(F)(F)[CH]CCC(F)F. The number of hydrogen-bond acceptors (Lipinski definition) is 0. The van der Waals surface area contributed by atoms with Gasteiger partial charge in [-0.2, -0.15) is 0 Å². The van der Waals surface area contributed by atoms with Crippen LogP contribution in [0.1, 0.15) is 19.8 Å². The Labute approximate surface area is 57.2 Å². The Morgan fingerprint density at radius 2 is 1.90 bits per heavy atom. The van der Waals surface area contributed by atoms with E-state index in [0.29, 0.717) is 13.3 Å². The van der Waals surface area contributed by atoms with Gasteiger partial charge in [-0.05, 0) is 13.3 Å². The van der Waals surface area contributed by atoms with E-state index in [1.165, 1.54) is 0 Å². The highest BCUT2D eigenvalue weighted by molar-refractivity contribution is 4.79. The zero-order chi connectivity index (χ0) is 8.20. The molecular weight excluding hydrogens is 148 g/mol. The van der Waals surface area contributed by atoms with Crippen molar-refractivity contribution in [1.29, 1.82) is 0 Å². The molecule has 1 radical (unpaired) electrons. The summed E-state index contributed by atoms with van der Waals surface area (Å²) >= 11 is 0. The summed E-state index contributed by atoms with van der Waals surface area (Å²) in [5, 5.41) is 0. The Morgan fingerprint density at radius 3 is 2.20 bits per heavy atom. The summed E-state index contributed by atoms with van der Waals surface area (Å²) in [6.07, 6.45) is -2.61. The van der Waals surface area contributed by atoms with E-state index in [0.717, 1.165) is 0 Å². The molecule has 0 heterocycles. The number of alkyl halides is 4. The summed E-state index contributed by atoms with van der Waals surface area (Å²) in [6.45, 7) is 0.679. The fraction of sp³-hybridized carbons (Fsp3) is 0.833. The van der Waals surface area contributed by atoms with Gasteiger partial charge in [0.1, 0.15) is 0 Å². The Balaban J connectivity index is 3.21. The third kappa shape index (κ3) is 7.72. The third-order valence-electron chi connectivity index (χ3n) is 0.888. The van der Waals surface area contributed by atoms with Gasteiger partial charge in [-0.15, -0.1) is 0 Å². The average Bonchev–Trinajstić information content (AvgIpc) is 1.59. The molecule has 0 saturated heterocycles. The van der Waals surface area contributed by atoms with E-state index in [-0.39, 0.29) is 6.42 Å². The molecule has 10 heavy (non-hydrogen) atoms. The van der Waals surface area contributed by atoms with Crippen LogP contribution < -0.4 is 0 Å². The molecule has 0 aromatic heterocycles. The lowest BCUT2D eigenvalue weighted by Crippen LogP contribution is -2.10. The van der Waals surface area contributed by atoms with E-state index >= 15 is 0 Å². The second kappa shape index (κ2) is 3.78. The van der Waals surface area contributed by atoms with E-state index < -0.39 is 18.8 Å². The maximum atomic E-state index is 11.9. The first-order chi connectivity index (χ1) is 4.42. The first-order valence-electron chi connectivity index (χ1n) is 2.92. The van der Waals surface area contributed by atoms with Gasteiger partial charge < -0.3 is 0 Å². The van der Waals surface area contributed by atoms with Crippen molar-refractivity contribution in [3.8, 4) is 0 Å². The Hall–Kier alpha value is -0.280. The molecule has 0 aromatic carbocycles. The molecule has 0 bridgehead atoms. The van der Waals surface area contributed by atoms with Crippen LogP contribution in [0, 0.1) is 6.42 Å². The zero-order valence-electron chi connectivity index (χ0n) is 5.58. The summed E-state index contributed by atoms with van der Waals surface area (Å²) in [6, 6.07) is 0. The molecular formula is C6H9F4. The predicted molar refractivity (Wildman–Crippen MR) is 30.2 cm³/mol. The fourth-order valence-electron chi connectivity index (χ4n) is 0.463. The molecule has 0 aromatic rings. The monoisotopic (exact) mass is 157 g/mol. The lowest BCUT2D eigenvalue weighted by molar-refractivity contribution is 0.0501. The summed E-state index contributed by atoms with van der Waals surface area (Å²) in [7, 11) is 0. The van der Waals surface area contributed by atoms with E-state index in [1.54, 1.807) is 0 Å². The predicted octanol–water partition coefficient (Wildman–Crippen LogP) is 2.89. The van der Waals surface area contributed by atoms with Crippen molar-refractivity contribution in [3.63, 3.8) is 0 Å². The van der Waals surface area contributed by atoms with Crippen LogP contribution in [0.2, 0.25) is 0 Å². The topological polar surface area (TPSA) is 0 Å². The fourth-order valence-corrected chi connectivity index (χ4v) is 0.463. The normalized spacial score (nSPS) is 12.6. The smallest absolute Gasteiger partial charge is 0.211 e. The van der Waals surface area contributed by atoms with Gasteiger partial charge in [-0.1, -0.05) is 0 Å². The molecule has 0 rings (SSSR count). The molecule has 0 unspecified atom stereocenters. The van der Waals surface area contributed by atoms with Crippen LogP contribution in [0.15, 0.2) is 0 Å². The summed E-state index contributed by atoms with van der Waals surface area (Å²) in [5.41, 5.74) is 0. The third-order valence-corrected chi connectivity index (χ3v) is 0.888. The Bertz CT molecular complexity index is 84.2. The minimum atomic E-state index is -2.92. The molecule has 0 N–H and O–H groups in total. The van der Waals surface area contributed by atoms with Gasteiger partial charge in [0, 0.05) is 12.8 Å². The molecule has 0 aliphatic heterocycles. The second-order valence-corrected chi connectivity index (χ2v) is 2.13. The largest absolute Gasteiger partial charge is 0.248 e. The van der Waals surface area contributed by atoms with Crippen molar-refractivity contribution >= 4 is 0 Å². The van der Waals surface area contributed by atoms with Crippen LogP contribution in [-0.4, -0.2) is 12.3 Å². The van der Waals surface area contributed by atoms with Crippen LogP contribution in [-0.2, 0) is 0 Å². The molecule has 61 valence electrons. The van der Waals surface area contributed by atoms with Crippen molar-refractivity contribution in [2.24, 2.45) is 0 Å². The minimum Gasteiger partial charge on any atom is -0.211 e. The molecule has 4 heteroatoms. The van der Waals surface area contributed by atoms with Gasteiger partial charge in [0.05, 0.1) is 0 Å². The first kappa shape index (κ1) is 9.72. The van der Waals surface area contributed by atoms with Crippen molar-refractivity contribution in [1.82, 2.24) is 0 Å². The Morgan fingerprint density at radius 1 is 1.40 bits per heavy atom. The number of hydrogen-bond donors (Lipinski definition) is 0. The van der Waals surface area contributed by atoms with Crippen molar-refractivity contribution in [2.45, 2.75) is 32.1 Å². The van der Waals surface area contributed by atoms with Crippen LogP contribution in [0.5, 0.6) is 0 Å². The average molecular weight is 157 g/mol. The van der Waals surface area contributed by atoms with Gasteiger partial charge in [-0.25, -0.2) is 17.6 Å². The van der Waals surface area contributed by atoms with Gasteiger partial charge >= 0.3 is 0 Å². The lowest BCUT2D eigenvalue weighted by Gasteiger charge is -2.07. The highest BCUT2D eigenvalue weighted by Crippen LogP contribution is 2.19. The van der Waals surface area contributed by atoms with Gasteiger partial charge in [-0.3, -0.25) is 0 Å². The zero-order valence-corrected chi connectivity index (χ0v) is 5.58. The maximum absolute atomic E-state index is 11.9. The molecule has 0 amide bonds. The Kier molecular flexibility index (Phi) is 3.68. The molecule has 0 saturated carbocycles. The molecule has 0 aliphatic rings. The van der Waals surface area contributed by atoms with Crippen LogP contribution >= 0.6 is 0 Å². The summed E-state index contributed by atoms with van der Waals surface area (Å²) < 4.78 is 46.4. The highest BCUT2D eigenvalue weighted by Gasteiger charge is 2.21. The summed E-state index contributed by atoms with van der Waals surface area (Å²) in [5.74, 6) is -2.92. The molecule has 0 fully saturated rings. The van der Waals surface area contributed by atoms with Crippen molar-refractivity contribution in [2.75, 3.05) is 0 Å². The maximum Gasteiger partial charge on any atom is 0.248 e. The van der Waals surface area contributed by atoms with E-state index in [1.807, 2.05) is 0 Å². The minimum absolute atomic E-state index is 0.235. The van der Waals surface area contributed by atoms with Gasteiger partial charge in [0.15, 0.2) is 0 Å². The van der Waals surface area contributed by atoms with Crippen molar-refractivity contribution < 1.29 is 17.6 Å². The standard InChI is InChI=1S/C6H9F4/c1-6(9,10)4-2-3-5(7)8/h4-5H,2-3H2,1H3. The number of rotatable bonds is 4. The van der Waals surface area contributed by atoms with Crippen molar-refractivity contribution in [3.05, 3.63) is 6.42 Å². The molecule has 0 spiro atoms. The van der Waals surface area contributed by atoms with Gasteiger partial charge in [0.25, 0.3) is 0 Å². The molecule has 0 nitrogen and oxygen atoms in total. The quantitative estimate of drug-likeness (QED) is 0.550.